The summed E-state index contributed by atoms with van der Waals surface area (Å²) in [5.74, 6) is 2.02. The Kier molecular flexibility index (Phi) is 11.3. The van der Waals surface area contributed by atoms with E-state index in [0.717, 1.165) is 101 Å². The van der Waals surface area contributed by atoms with Crippen LogP contribution in [0.4, 0.5) is 0 Å². The third kappa shape index (κ3) is 9.23. The molecule has 0 N–H and O–H groups in total. The fourth-order valence-corrected chi connectivity index (χ4v) is 12.4. The van der Waals surface area contributed by atoms with Gasteiger partial charge in [0.1, 0.15) is 17.3 Å². The maximum absolute atomic E-state index is 9.36. The minimum Gasteiger partial charge on any atom is -0.458 e. The number of hydrogen-bond acceptors (Lipinski definition) is 2. The van der Waals surface area contributed by atoms with Crippen molar-refractivity contribution in [1.82, 2.24) is 18.7 Å². The molecule has 0 unspecified atom stereocenters. The molecule has 10 aromatic carbocycles. The molecule has 0 bridgehead atoms. The molecule has 0 aliphatic carbocycles. The highest BCUT2D eigenvalue weighted by molar-refractivity contribution is 6.16. The maximum atomic E-state index is 9.36. The highest BCUT2D eigenvalue weighted by Gasteiger charge is 2.27. The van der Waals surface area contributed by atoms with E-state index < -0.39 is 18.1 Å². The minimum absolute atomic E-state index is 0.107. The Morgan fingerprint density at radius 2 is 1.08 bits per heavy atom. The van der Waals surface area contributed by atoms with Crippen molar-refractivity contribution < 1.29 is 16.2 Å². The van der Waals surface area contributed by atoms with Crippen LogP contribution in [0.3, 0.4) is 0 Å². The molecule has 0 atom stereocenters. The molecule has 0 aliphatic heterocycles. The maximum Gasteiger partial charge on any atom is 0.269 e. The summed E-state index contributed by atoms with van der Waals surface area (Å²) in [5.41, 5.74) is 14.6. The molecule has 84 heavy (non-hydrogen) atoms. The molecule has 6 nitrogen and oxygen atoms in total. The molecule has 4 aromatic heterocycles. The second-order valence-electron chi connectivity index (χ2n) is 24.9. The van der Waals surface area contributed by atoms with Gasteiger partial charge in [-0.15, -0.1) is 0 Å². The predicted octanol–water partition coefficient (Wildman–Crippen LogP) is 19.5. The Balaban J connectivity index is 0.965. The molecule has 0 saturated carbocycles. The van der Waals surface area contributed by atoms with Crippen LogP contribution in [0.15, 0.2) is 249 Å². The molecule has 0 fully saturated rings. The number of rotatable bonds is 11. The fraction of sp³-hybridized carbons (Fsp3) is 0.154. The average Bonchev–Trinajstić information content (AvgIpc) is 1.58. The van der Waals surface area contributed by atoms with E-state index >= 15 is 0 Å². The van der Waals surface area contributed by atoms with Crippen molar-refractivity contribution >= 4 is 54.6 Å². The molecule has 0 aliphatic rings. The lowest BCUT2D eigenvalue weighted by atomic mass is 9.78. The molecular weight excluding hydrogens is 1020 g/mol. The van der Waals surface area contributed by atoms with E-state index in [2.05, 4.69) is 229 Å². The van der Waals surface area contributed by atoms with E-state index in [1.165, 1.54) is 11.1 Å². The van der Waals surface area contributed by atoms with Crippen LogP contribution in [-0.4, -0.2) is 18.7 Å². The van der Waals surface area contributed by atoms with E-state index in [0.29, 0.717) is 22.7 Å². The number of nitrogens with zero attached hydrogens (tertiary/aromatic N) is 5. The van der Waals surface area contributed by atoms with Gasteiger partial charge in [0.25, 0.3) is 6.33 Å². The van der Waals surface area contributed by atoms with Crippen molar-refractivity contribution in [3.05, 3.63) is 277 Å². The number of ether oxygens (including phenoxy) is 1. The predicted molar refractivity (Wildman–Crippen MR) is 348 cm³/mol. The van der Waals surface area contributed by atoms with Crippen molar-refractivity contribution in [2.75, 3.05) is 0 Å². The lowest BCUT2D eigenvalue weighted by Gasteiger charge is -2.27. The van der Waals surface area contributed by atoms with Crippen LogP contribution in [-0.2, 0) is 22.7 Å². The van der Waals surface area contributed by atoms with Crippen LogP contribution in [0.2, 0.25) is 0 Å². The van der Waals surface area contributed by atoms with Gasteiger partial charge in [-0.3, -0.25) is 13.7 Å². The zero-order valence-corrected chi connectivity index (χ0v) is 48.6. The van der Waals surface area contributed by atoms with E-state index in [4.69, 9.17) is 13.8 Å². The molecule has 0 spiro atoms. The van der Waals surface area contributed by atoms with Gasteiger partial charge in [0, 0.05) is 39.9 Å². The van der Waals surface area contributed by atoms with Gasteiger partial charge < -0.3 is 9.30 Å². The molecule has 410 valence electrons. The van der Waals surface area contributed by atoms with E-state index in [-0.39, 0.29) is 33.9 Å². The number of benzene rings is 10. The smallest absolute Gasteiger partial charge is 0.269 e. The second-order valence-corrected chi connectivity index (χ2v) is 24.9. The molecule has 0 saturated heterocycles. The van der Waals surface area contributed by atoms with Crippen LogP contribution >= 0.6 is 0 Å². The van der Waals surface area contributed by atoms with Crippen molar-refractivity contribution in [1.29, 1.82) is 0 Å². The summed E-state index contributed by atoms with van der Waals surface area (Å²) in [6.07, 6.45) is 6.51. The molecule has 6 heteroatoms. The summed E-state index contributed by atoms with van der Waals surface area (Å²) in [5, 5.41) is 4.45. The topological polar surface area (TPSA) is 40.8 Å². The Morgan fingerprint density at radius 1 is 0.488 bits per heavy atom. The first-order valence-electron chi connectivity index (χ1n) is 31.4. The van der Waals surface area contributed by atoms with Crippen LogP contribution in [0, 0.1) is 6.33 Å². The highest BCUT2D eigenvalue weighted by Crippen LogP contribution is 2.44. The van der Waals surface area contributed by atoms with Crippen LogP contribution in [0.25, 0.3) is 99.8 Å². The second kappa shape index (κ2) is 20.3. The first-order chi connectivity index (χ1) is 42.7. The molecular formula is C78H67N5O. The Morgan fingerprint density at radius 3 is 1.76 bits per heavy atom. The Labute approximate surface area is 499 Å². The van der Waals surface area contributed by atoms with E-state index in [1.54, 1.807) is 0 Å². The van der Waals surface area contributed by atoms with Gasteiger partial charge in [0.15, 0.2) is 0 Å². The zero-order valence-electron chi connectivity index (χ0n) is 53.6. The van der Waals surface area contributed by atoms with Crippen molar-refractivity contribution in [3.63, 3.8) is 0 Å². The number of pyridine rings is 1. The summed E-state index contributed by atoms with van der Waals surface area (Å²) in [7, 11) is 0. The van der Waals surface area contributed by atoms with Gasteiger partial charge >= 0.3 is 0 Å². The summed E-state index contributed by atoms with van der Waals surface area (Å²) in [6, 6.07) is 72.0. The monoisotopic (exact) mass is 1090 g/mol. The molecule has 14 rings (SSSR count). The van der Waals surface area contributed by atoms with Crippen LogP contribution in [0.5, 0.6) is 11.5 Å². The third-order valence-electron chi connectivity index (χ3n) is 16.7. The minimum atomic E-state index is -0.446. The van der Waals surface area contributed by atoms with E-state index in [1.807, 2.05) is 69.9 Å². The molecule has 0 radical (unpaired) electrons. The first-order valence-corrected chi connectivity index (χ1v) is 28.9. The van der Waals surface area contributed by atoms with E-state index in [9.17, 15) is 2.74 Å². The van der Waals surface area contributed by atoms with Gasteiger partial charge in [0.2, 0.25) is 0 Å². The third-order valence-corrected chi connectivity index (χ3v) is 16.7. The van der Waals surface area contributed by atoms with Gasteiger partial charge in [-0.25, -0.2) is 4.98 Å². The molecule has 14 aromatic rings. The Bertz CT molecular complexity index is 5040. The average molecular weight is 1100 g/mol. The van der Waals surface area contributed by atoms with Crippen LogP contribution in [0.1, 0.15) is 84.5 Å². The number of fused-ring (bicyclic) bond motifs is 7. The summed E-state index contributed by atoms with van der Waals surface area (Å²) in [4.78, 5) is 5.14. The molecule has 0 amide bonds. The summed E-state index contributed by atoms with van der Waals surface area (Å²) >= 11 is 0. The van der Waals surface area contributed by atoms with Gasteiger partial charge in [-0.1, -0.05) is 237 Å². The zero-order chi connectivity index (χ0) is 61.8. The SMILES string of the molecule is [2H]c1c([2H])c([2H])c(-c2cccc(-c3cc(C(C)(C)C)cc(C(C)(C)C)c3)c2-[n+]2[c-]n(-c3cccc(Oc4cc(-n5c6ccccc6c6ccccc65)c5c6ccccc6n(-c6cc(CC(C)(C)c7ccccc7)ccn6)c5c4)c3)c3ccccc32)c([2H])c1[2H]. The number of hydrogen-bond donors (Lipinski definition) is 0. The number of imidazole rings is 1. The lowest BCUT2D eigenvalue weighted by Crippen LogP contribution is -2.31. The number of para-hydroxylation sites is 6. The van der Waals surface area contributed by atoms with Crippen LogP contribution < -0.4 is 9.30 Å². The fourth-order valence-electron chi connectivity index (χ4n) is 12.4. The molecule has 4 heterocycles. The lowest BCUT2D eigenvalue weighted by molar-refractivity contribution is -0.571. The van der Waals surface area contributed by atoms with Crippen molar-refractivity contribution in [2.24, 2.45) is 0 Å². The Hall–Kier alpha value is -9.78. The summed E-state index contributed by atoms with van der Waals surface area (Å²) in [6.45, 7) is 17.9. The highest BCUT2D eigenvalue weighted by atomic mass is 16.5. The quantitative estimate of drug-likeness (QED) is 0.0957. The summed E-state index contributed by atoms with van der Waals surface area (Å²) < 4.78 is 60.9. The number of aromatic nitrogens is 5. The van der Waals surface area contributed by atoms with Gasteiger partial charge in [-0.2, -0.15) is 0 Å². The largest absolute Gasteiger partial charge is 0.458 e. The van der Waals surface area contributed by atoms with Gasteiger partial charge in [-0.05, 0) is 116 Å². The standard InChI is InChI=1S/C78H67N5O/c1-76(2,3)56-44-54(45-57(46-56)77(4,5)6)62-35-24-34-61(53-25-11-9-12-26-53)75(62)81-51-80(69-39-21-22-40-70(69)81)58-29-23-30-59(47-58)84-60-48-71(82-66-36-18-15-31-63(66)64-32-16-19-37-67(64)82)74-65-33-17-20-38-68(65)83(72(74)49-60)73-43-52(41-42-79-73)50-78(7,8)55-27-13-10-14-28-55/h9-49H,50H2,1-8H3/i9D,11D,12D,25D,26D. The normalized spacial score (nSPS) is 13.2. The van der Waals surface area contributed by atoms with Crippen molar-refractivity contribution in [3.8, 4) is 56.6 Å². The van der Waals surface area contributed by atoms with Gasteiger partial charge in [0.05, 0.1) is 57.0 Å². The van der Waals surface area contributed by atoms with Crippen molar-refractivity contribution in [2.45, 2.75) is 78.1 Å². The first kappa shape index (κ1) is 46.8.